The molecule has 180 valence electrons. The highest BCUT2D eigenvalue weighted by atomic mass is 19.1. The number of nitrogens with one attached hydrogen (secondary N) is 1. The lowest BCUT2D eigenvalue weighted by molar-refractivity contribution is -0.129. The molecule has 3 unspecified atom stereocenters. The quantitative estimate of drug-likeness (QED) is 0.596. The average molecular weight is 467 g/mol. The van der Waals surface area contributed by atoms with Gasteiger partial charge in [-0.25, -0.2) is 9.07 Å². The zero-order valence-electron chi connectivity index (χ0n) is 20.2. The highest BCUT2D eigenvalue weighted by Gasteiger charge is 2.41. The summed E-state index contributed by atoms with van der Waals surface area (Å²) in [6.45, 7) is 5.72. The molecule has 0 aliphatic heterocycles. The number of anilines is 1. The van der Waals surface area contributed by atoms with Crippen molar-refractivity contribution >= 4 is 11.6 Å². The van der Waals surface area contributed by atoms with E-state index >= 15 is 0 Å². The molecule has 3 atom stereocenters. The van der Waals surface area contributed by atoms with Crippen LogP contribution in [0.15, 0.2) is 48.8 Å². The molecule has 1 aromatic heterocycles. The Bertz CT molecular complexity index is 1130. The fraction of sp³-hybridized carbons (Fsp3) is 0.440. The maximum atomic E-state index is 13.7. The van der Waals surface area contributed by atoms with E-state index in [0.29, 0.717) is 0 Å². The summed E-state index contributed by atoms with van der Waals surface area (Å²) in [5.41, 5.74) is 2.18. The number of halogens is 1. The van der Waals surface area contributed by atoms with Gasteiger partial charge < -0.3 is 15.0 Å². The lowest BCUT2D eigenvalue weighted by Crippen LogP contribution is -2.46. The SMILES string of the molecule is COc1ccc(-n2cnnn2)cc1N(C)C1CCC(NC(=O)C(C)(C)C)C1c1ccc(F)cc1. The summed E-state index contributed by atoms with van der Waals surface area (Å²) in [4.78, 5) is 15.0. The Labute approximate surface area is 199 Å². The van der Waals surface area contributed by atoms with Gasteiger partial charge in [-0.3, -0.25) is 4.79 Å². The van der Waals surface area contributed by atoms with Gasteiger partial charge in [0.05, 0.1) is 18.5 Å². The third kappa shape index (κ3) is 4.73. The highest BCUT2D eigenvalue weighted by molar-refractivity contribution is 5.81. The number of likely N-dealkylation sites (N-methyl/N-ethyl adjacent to an activating group) is 1. The summed E-state index contributed by atoms with van der Waals surface area (Å²) in [5.74, 6) is 0.418. The Morgan fingerprint density at radius 2 is 1.91 bits per heavy atom. The van der Waals surface area contributed by atoms with Crippen LogP contribution in [0.4, 0.5) is 10.1 Å². The molecule has 8 nitrogen and oxygen atoms in total. The Kier molecular flexibility index (Phi) is 6.54. The van der Waals surface area contributed by atoms with E-state index in [-0.39, 0.29) is 29.7 Å². The topological polar surface area (TPSA) is 85.2 Å². The largest absolute Gasteiger partial charge is 0.495 e. The monoisotopic (exact) mass is 466 g/mol. The Hall–Kier alpha value is -3.49. The molecule has 0 radical (unpaired) electrons. The predicted octanol–water partition coefficient (Wildman–Crippen LogP) is 3.72. The fourth-order valence-electron chi connectivity index (χ4n) is 4.65. The number of nitrogens with zero attached hydrogens (tertiary/aromatic N) is 5. The molecule has 34 heavy (non-hydrogen) atoms. The molecule has 1 aliphatic rings. The Balaban J connectivity index is 1.71. The van der Waals surface area contributed by atoms with E-state index in [9.17, 15) is 9.18 Å². The summed E-state index contributed by atoms with van der Waals surface area (Å²) in [5, 5.41) is 14.7. The summed E-state index contributed by atoms with van der Waals surface area (Å²) in [7, 11) is 3.66. The second-order valence-electron chi connectivity index (χ2n) is 9.77. The summed E-state index contributed by atoms with van der Waals surface area (Å²) in [6.07, 6.45) is 3.21. The molecule has 1 saturated carbocycles. The number of methoxy groups -OCH3 is 1. The van der Waals surface area contributed by atoms with Crippen molar-refractivity contribution in [3.8, 4) is 11.4 Å². The first kappa shape index (κ1) is 23.7. The number of ether oxygens (including phenoxy) is 1. The molecule has 3 aromatic rings. The van der Waals surface area contributed by atoms with Crippen molar-refractivity contribution in [1.29, 1.82) is 0 Å². The number of tetrazole rings is 1. The van der Waals surface area contributed by atoms with E-state index in [4.69, 9.17) is 4.74 Å². The molecule has 1 aliphatic carbocycles. The van der Waals surface area contributed by atoms with Gasteiger partial charge in [0.25, 0.3) is 0 Å². The van der Waals surface area contributed by atoms with Crippen LogP contribution in [0.25, 0.3) is 5.69 Å². The molecule has 1 N–H and O–H groups in total. The predicted molar refractivity (Wildman–Crippen MR) is 128 cm³/mol. The van der Waals surface area contributed by atoms with E-state index in [1.54, 1.807) is 18.1 Å². The number of benzene rings is 2. The second kappa shape index (κ2) is 9.40. The molecule has 4 rings (SSSR count). The van der Waals surface area contributed by atoms with Crippen LogP contribution in [0.1, 0.15) is 45.1 Å². The maximum Gasteiger partial charge on any atom is 0.225 e. The smallest absolute Gasteiger partial charge is 0.225 e. The van der Waals surface area contributed by atoms with Crippen LogP contribution < -0.4 is 15.0 Å². The zero-order valence-corrected chi connectivity index (χ0v) is 20.2. The molecular formula is C25H31FN6O2. The van der Waals surface area contributed by atoms with Gasteiger partial charge in [-0.05, 0) is 59.2 Å². The standard InChI is InChI=1S/C25H31FN6O2/c1-25(2,3)24(33)28-19-11-12-20(23(19)16-6-8-17(26)9-7-16)31(4)21-14-18(10-13-22(21)34-5)32-15-27-29-30-32/h6-10,13-15,19-20,23H,11-12H2,1-5H3,(H,28,33). The van der Waals surface area contributed by atoms with Crippen LogP contribution in [0.5, 0.6) is 5.75 Å². The first-order valence-corrected chi connectivity index (χ1v) is 11.4. The van der Waals surface area contributed by atoms with Gasteiger partial charge in [-0.2, -0.15) is 0 Å². The van der Waals surface area contributed by atoms with Gasteiger partial charge >= 0.3 is 0 Å². The van der Waals surface area contributed by atoms with E-state index in [0.717, 1.165) is 35.5 Å². The third-order valence-corrected chi connectivity index (χ3v) is 6.53. The van der Waals surface area contributed by atoms with Crippen LogP contribution in [0.2, 0.25) is 0 Å². The van der Waals surface area contributed by atoms with Crippen LogP contribution in [-0.4, -0.2) is 52.4 Å². The van der Waals surface area contributed by atoms with Gasteiger partial charge in [-0.15, -0.1) is 5.10 Å². The molecule has 0 saturated heterocycles. The number of hydrogen-bond donors (Lipinski definition) is 1. The molecule has 1 heterocycles. The van der Waals surface area contributed by atoms with E-state index < -0.39 is 5.41 Å². The maximum absolute atomic E-state index is 13.7. The first-order chi connectivity index (χ1) is 16.2. The van der Waals surface area contributed by atoms with E-state index in [2.05, 4.69) is 25.7 Å². The highest BCUT2D eigenvalue weighted by Crippen LogP contribution is 2.42. The molecule has 1 amide bonds. The number of aromatic nitrogens is 4. The molecule has 2 aromatic carbocycles. The lowest BCUT2D eigenvalue weighted by Gasteiger charge is -2.35. The third-order valence-electron chi connectivity index (χ3n) is 6.53. The number of rotatable bonds is 6. The average Bonchev–Trinajstić information content (AvgIpc) is 3.49. The summed E-state index contributed by atoms with van der Waals surface area (Å²) in [6, 6.07) is 12.3. The summed E-state index contributed by atoms with van der Waals surface area (Å²) < 4.78 is 21.0. The molecule has 0 bridgehead atoms. The van der Waals surface area contributed by atoms with Crippen molar-refractivity contribution in [3.63, 3.8) is 0 Å². The van der Waals surface area contributed by atoms with Crippen molar-refractivity contribution < 1.29 is 13.9 Å². The van der Waals surface area contributed by atoms with Gasteiger partial charge in [0.2, 0.25) is 5.91 Å². The number of hydrogen-bond acceptors (Lipinski definition) is 6. The minimum Gasteiger partial charge on any atom is -0.495 e. The van der Waals surface area contributed by atoms with Crippen molar-refractivity contribution in [3.05, 3.63) is 60.2 Å². The van der Waals surface area contributed by atoms with Crippen LogP contribution in [-0.2, 0) is 4.79 Å². The van der Waals surface area contributed by atoms with Crippen molar-refractivity contribution in [1.82, 2.24) is 25.5 Å². The van der Waals surface area contributed by atoms with Crippen molar-refractivity contribution in [2.45, 2.75) is 51.6 Å². The zero-order chi connectivity index (χ0) is 24.5. The minimum absolute atomic E-state index is 0.00572. The summed E-state index contributed by atoms with van der Waals surface area (Å²) >= 11 is 0. The Morgan fingerprint density at radius 1 is 1.18 bits per heavy atom. The normalized spacial score (nSPS) is 20.2. The Morgan fingerprint density at radius 3 is 2.53 bits per heavy atom. The fourth-order valence-corrected chi connectivity index (χ4v) is 4.65. The van der Waals surface area contributed by atoms with Gasteiger partial charge in [0, 0.05) is 30.5 Å². The number of carbonyl (C=O) groups excluding carboxylic acids is 1. The van der Waals surface area contributed by atoms with Crippen LogP contribution in [0, 0.1) is 11.2 Å². The van der Waals surface area contributed by atoms with Gasteiger partial charge in [0.15, 0.2) is 0 Å². The van der Waals surface area contributed by atoms with Gasteiger partial charge in [-0.1, -0.05) is 32.9 Å². The number of amides is 1. The van der Waals surface area contributed by atoms with Gasteiger partial charge in [0.1, 0.15) is 17.9 Å². The lowest BCUT2D eigenvalue weighted by atomic mass is 9.88. The van der Waals surface area contributed by atoms with E-state index in [1.807, 2.05) is 58.2 Å². The second-order valence-corrected chi connectivity index (χ2v) is 9.77. The van der Waals surface area contributed by atoms with Crippen molar-refractivity contribution in [2.24, 2.45) is 5.41 Å². The van der Waals surface area contributed by atoms with Crippen molar-refractivity contribution in [2.75, 3.05) is 19.1 Å². The minimum atomic E-state index is -0.499. The van der Waals surface area contributed by atoms with Crippen LogP contribution in [0.3, 0.4) is 0 Å². The first-order valence-electron chi connectivity index (χ1n) is 11.4. The molecular weight excluding hydrogens is 435 g/mol. The molecule has 1 fully saturated rings. The number of carbonyl (C=O) groups is 1. The van der Waals surface area contributed by atoms with E-state index in [1.165, 1.54) is 12.1 Å². The molecule has 0 spiro atoms. The van der Waals surface area contributed by atoms with Crippen LogP contribution >= 0.6 is 0 Å². The molecule has 9 heteroatoms.